The molecule has 1 unspecified atom stereocenters. The number of hydrogen-bond donors (Lipinski definition) is 1. The van der Waals surface area contributed by atoms with Crippen LogP contribution in [0.2, 0.25) is 5.02 Å². The molecule has 0 saturated carbocycles. The highest BCUT2D eigenvalue weighted by molar-refractivity contribution is 6.30. The van der Waals surface area contributed by atoms with Gasteiger partial charge in [-0.2, -0.15) is 0 Å². The van der Waals surface area contributed by atoms with Crippen molar-refractivity contribution in [3.05, 3.63) is 46.5 Å². The van der Waals surface area contributed by atoms with E-state index in [0.717, 1.165) is 0 Å². The molecule has 0 aliphatic carbocycles. The predicted molar refractivity (Wildman–Crippen MR) is 85.6 cm³/mol. The van der Waals surface area contributed by atoms with Gasteiger partial charge in [0.1, 0.15) is 17.1 Å². The average molecular weight is 339 g/mol. The van der Waals surface area contributed by atoms with Gasteiger partial charge < -0.3 is 5.11 Å². The van der Waals surface area contributed by atoms with E-state index in [4.69, 9.17) is 11.6 Å². The molecule has 1 fully saturated rings. The number of rotatable bonds is 4. The summed E-state index contributed by atoms with van der Waals surface area (Å²) in [5.41, 5.74) is 0.0650. The Balaban J connectivity index is 1.73. The van der Waals surface area contributed by atoms with Crippen LogP contribution >= 0.6 is 11.6 Å². The van der Waals surface area contributed by atoms with Gasteiger partial charge in [-0.15, -0.1) is 5.10 Å². The molecule has 1 N–H and O–H groups in total. The summed E-state index contributed by atoms with van der Waals surface area (Å²) < 4.78 is 15.7. The molecule has 124 valence electrons. The minimum atomic E-state index is -1.04. The zero-order valence-electron chi connectivity index (χ0n) is 13.2. The molecule has 0 bridgehead atoms. The molecule has 7 heteroatoms. The zero-order valence-corrected chi connectivity index (χ0v) is 14.0. The maximum absolute atomic E-state index is 14.0. The quantitative estimate of drug-likeness (QED) is 0.931. The van der Waals surface area contributed by atoms with E-state index in [1.165, 1.54) is 6.07 Å². The number of halogens is 2. The summed E-state index contributed by atoms with van der Waals surface area (Å²) in [6.07, 6.45) is 2.33. The van der Waals surface area contributed by atoms with Crippen LogP contribution in [0, 0.1) is 5.82 Å². The highest BCUT2D eigenvalue weighted by atomic mass is 35.5. The van der Waals surface area contributed by atoms with Crippen molar-refractivity contribution in [2.75, 3.05) is 13.1 Å². The standard InChI is InChI=1S/C16H20ClFN4O/c1-11(2)22-9-14(19-20-22)16(23)6-7-21(10-16)8-12-4-3-5-13(17)15(12)18/h3-5,9,11,23H,6-8,10H2,1-2H3. The third-order valence-corrected chi connectivity index (χ3v) is 4.56. The van der Waals surface area contributed by atoms with Crippen molar-refractivity contribution in [2.45, 2.75) is 38.5 Å². The number of likely N-dealkylation sites (tertiary alicyclic amines) is 1. The highest BCUT2D eigenvalue weighted by Crippen LogP contribution is 2.32. The summed E-state index contributed by atoms with van der Waals surface area (Å²) in [4.78, 5) is 2.00. The molecule has 1 aromatic heterocycles. The number of aliphatic hydroxyl groups is 1. The molecule has 0 amide bonds. The second kappa shape index (κ2) is 6.19. The van der Waals surface area contributed by atoms with E-state index in [2.05, 4.69) is 10.3 Å². The second-order valence-corrected chi connectivity index (χ2v) is 6.79. The van der Waals surface area contributed by atoms with Gasteiger partial charge in [0, 0.05) is 31.2 Å². The Kier molecular flexibility index (Phi) is 4.40. The first-order valence-electron chi connectivity index (χ1n) is 7.69. The van der Waals surface area contributed by atoms with E-state index in [-0.39, 0.29) is 11.1 Å². The largest absolute Gasteiger partial charge is 0.382 e. The lowest BCUT2D eigenvalue weighted by molar-refractivity contribution is 0.0407. The molecule has 5 nitrogen and oxygen atoms in total. The van der Waals surface area contributed by atoms with Gasteiger partial charge in [-0.3, -0.25) is 4.90 Å². The third kappa shape index (κ3) is 3.24. The molecule has 23 heavy (non-hydrogen) atoms. The van der Waals surface area contributed by atoms with Crippen LogP contribution in [0.5, 0.6) is 0 Å². The summed E-state index contributed by atoms with van der Waals surface area (Å²) in [5, 5.41) is 19.1. The molecule has 0 radical (unpaired) electrons. The van der Waals surface area contributed by atoms with Crippen molar-refractivity contribution in [2.24, 2.45) is 0 Å². The summed E-state index contributed by atoms with van der Waals surface area (Å²) in [6, 6.07) is 5.17. The Morgan fingerprint density at radius 2 is 2.22 bits per heavy atom. The Hall–Kier alpha value is -1.50. The molecule has 1 aliphatic heterocycles. The van der Waals surface area contributed by atoms with E-state index in [1.807, 2.05) is 18.7 Å². The summed E-state index contributed by atoms with van der Waals surface area (Å²) in [7, 11) is 0. The number of nitrogens with zero attached hydrogens (tertiary/aromatic N) is 4. The Bertz CT molecular complexity index is 705. The van der Waals surface area contributed by atoms with Crippen LogP contribution < -0.4 is 0 Å². The van der Waals surface area contributed by atoms with E-state index in [0.29, 0.717) is 37.3 Å². The van der Waals surface area contributed by atoms with Gasteiger partial charge in [0.05, 0.1) is 11.2 Å². The van der Waals surface area contributed by atoms with Crippen LogP contribution in [0.1, 0.15) is 37.6 Å². The normalized spacial score (nSPS) is 22.2. The van der Waals surface area contributed by atoms with Gasteiger partial charge in [0.2, 0.25) is 0 Å². The molecular weight excluding hydrogens is 319 g/mol. The summed E-state index contributed by atoms with van der Waals surface area (Å²) in [6.45, 7) is 5.48. The fourth-order valence-electron chi connectivity index (χ4n) is 2.87. The minimum absolute atomic E-state index is 0.122. The van der Waals surface area contributed by atoms with E-state index in [9.17, 15) is 9.50 Å². The molecule has 2 heterocycles. The van der Waals surface area contributed by atoms with Gasteiger partial charge in [0.15, 0.2) is 0 Å². The van der Waals surface area contributed by atoms with Gasteiger partial charge in [-0.05, 0) is 26.3 Å². The first kappa shape index (κ1) is 16.4. The molecule has 1 aromatic carbocycles. The van der Waals surface area contributed by atoms with Crippen molar-refractivity contribution in [1.82, 2.24) is 19.9 Å². The van der Waals surface area contributed by atoms with E-state index in [1.54, 1.807) is 23.0 Å². The molecule has 3 rings (SSSR count). The van der Waals surface area contributed by atoms with Crippen LogP contribution in [0.4, 0.5) is 4.39 Å². The van der Waals surface area contributed by atoms with Crippen molar-refractivity contribution in [1.29, 1.82) is 0 Å². The first-order chi connectivity index (χ1) is 10.9. The van der Waals surface area contributed by atoms with Crippen LogP contribution in [-0.2, 0) is 12.1 Å². The number of hydrogen-bond acceptors (Lipinski definition) is 4. The van der Waals surface area contributed by atoms with Gasteiger partial charge >= 0.3 is 0 Å². The van der Waals surface area contributed by atoms with Crippen molar-refractivity contribution >= 4 is 11.6 Å². The first-order valence-corrected chi connectivity index (χ1v) is 8.07. The van der Waals surface area contributed by atoms with Crippen LogP contribution in [0.25, 0.3) is 0 Å². The molecule has 2 aromatic rings. The third-order valence-electron chi connectivity index (χ3n) is 4.27. The topological polar surface area (TPSA) is 54.2 Å². The number of benzene rings is 1. The second-order valence-electron chi connectivity index (χ2n) is 6.38. The predicted octanol–water partition coefficient (Wildman–Crippen LogP) is 2.75. The lowest BCUT2D eigenvalue weighted by Crippen LogP contribution is -2.31. The molecular formula is C16H20ClFN4O. The fourth-order valence-corrected chi connectivity index (χ4v) is 3.06. The van der Waals surface area contributed by atoms with Crippen LogP contribution in [-0.4, -0.2) is 38.1 Å². The van der Waals surface area contributed by atoms with Gasteiger partial charge in [-0.25, -0.2) is 9.07 Å². The lowest BCUT2D eigenvalue weighted by Gasteiger charge is -2.21. The fraction of sp³-hybridized carbons (Fsp3) is 0.500. The number of aromatic nitrogens is 3. The Morgan fingerprint density at radius 3 is 2.91 bits per heavy atom. The molecule has 1 saturated heterocycles. The summed E-state index contributed by atoms with van der Waals surface area (Å²) >= 11 is 5.82. The van der Waals surface area contributed by atoms with Crippen LogP contribution in [0.3, 0.4) is 0 Å². The molecule has 0 spiro atoms. The van der Waals surface area contributed by atoms with Gasteiger partial charge in [-0.1, -0.05) is 28.9 Å². The Morgan fingerprint density at radius 1 is 1.43 bits per heavy atom. The minimum Gasteiger partial charge on any atom is -0.382 e. The zero-order chi connectivity index (χ0) is 16.6. The highest BCUT2D eigenvalue weighted by Gasteiger charge is 2.40. The van der Waals surface area contributed by atoms with Crippen LogP contribution in [0.15, 0.2) is 24.4 Å². The lowest BCUT2D eigenvalue weighted by atomic mass is 10.00. The van der Waals surface area contributed by atoms with Crippen molar-refractivity contribution in [3.8, 4) is 0 Å². The smallest absolute Gasteiger partial charge is 0.146 e. The van der Waals surface area contributed by atoms with Gasteiger partial charge in [0.25, 0.3) is 0 Å². The Labute approximate surface area is 139 Å². The van der Waals surface area contributed by atoms with E-state index < -0.39 is 11.4 Å². The summed E-state index contributed by atoms with van der Waals surface area (Å²) in [5.74, 6) is -0.393. The van der Waals surface area contributed by atoms with Crippen molar-refractivity contribution in [3.63, 3.8) is 0 Å². The average Bonchev–Trinajstić information content (AvgIpc) is 3.12. The SMILES string of the molecule is CC(C)n1cc(C2(O)CCN(Cc3cccc(Cl)c3F)C2)nn1. The number of β-amino-alcohol motifs (C(OH)–C–C–N with tert-alkyl or cyclic N) is 1. The molecule has 1 atom stereocenters. The monoisotopic (exact) mass is 338 g/mol. The maximum atomic E-state index is 14.0. The van der Waals surface area contributed by atoms with E-state index >= 15 is 0 Å². The maximum Gasteiger partial charge on any atom is 0.146 e. The molecule has 1 aliphatic rings. The van der Waals surface area contributed by atoms with Crippen molar-refractivity contribution < 1.29 is 9.50 Å².